The van der Waals surface area contributed by atoms with Crippen molar-refractivity contribution in [2.45, 2.75) is 5.41 Å². The van der Waals surface area contributed by atoms with Crippen molar-refractivity contribution < 1.29 is 4.42 Å². The summed E-state index contributed by atoms with van der Waals surface area (Å²) >= 11 is 1.90. The van der Waals surface area contributed by atoms with Crippen LogP contribution in [0.1, 0.15) is 22.3 Å². The molecule has 0 radical (unpaired) electrons. The molecule has 1 spiro atoms. The van der Waals surface area contributed by atoms with Crippen molar-refractivity contribution in [3.63, 3.8) is 0 Å². The molecule has 0 N–H and O–H groups in total. The zero-order chi connectivity index (χ0) is 41.9. The van der Waals surface area contributed by atoms with Gasteiger partial charge in [-0.15, -0.1) is 11.3 Å². The first-order chi connectivity index (χ1) is 31.7. The minimum absolute atomic E-state index is 0.596. The molecule has 64 heavy (non-hydrogen) atoms. The summed E-state index contributed by atoms with van der Waals surface area (Å²) in [7, 11) is 0. The standard InChI is InChI=1S/C61H37NOS/c1-2-16-38(17-3-1)41-18-8-13-27-56(41)62(40-31-33-58-50(35-40)46-23-9-14-28-57(46)63-58)39-30-32-54-48(34-39)43-20-5-4-19-42(43)44-21-6-11-25-52(44)61(54)53-26-12-7-22-45(53)49-36-51-47-24-10-15-29-59(47)64-60(51)37-55(49)61/h1-37H. The maximum atomic E-state index is 6.39. The Hall–Kier alpha value is -7.98. The maximum Gasteiger partial charge on any atom is 0.135 e. The average molecular weight is 832 g/mol. The number of rotatable bonds is 4. The molecule has 1 atom stereocenters. The van der Waals surface area contributed by atoms with Gasteiger partial charge in [0.2, 0.25) is 0 Å². The maximum absolute atomic E-state index is 6.39. The van der Waals surface area contributed by atoms with Gasteiger partial charge < -0.3 is 9.32 Å². The van der Waals surface area contributed by atoms with Gasteiger partial charge in [0.1, 0.15) is 11.2 Å². The van der Waals surface area contributed by atoms with E-state index in [4.69, 9.17) is 4.42 Å². The lowest BCUT2D eigenvalue weighted by atomic mass is 9.66. The topological polar surface area (TPSA) is 16.4 Å². The lowest BCUT2D eigenvalue weighted by molar-refractivity contribution is 0.669. The van der Waals surface area contributed by atoms with Crippen LogP contribution in [0.25, 0.3) is 86.6 Å². The van der Waals surface area contributed by atoms with E-state index in [1.807, 2.05) is 17.4 Å². The SMILES string of the molecule is c1ccc(-c2ccccc2N(c2ccc3c(c2)-c2ccccc2-c2ccccc2C32c3ccccc3-c3cc4c(cc32)sc2ccccc24)c2ccc3oc4ccccc4c3c2)cc1. The van der Waals surface area contributed by atoms with Crippen LogP contribution < -0.4 is 4.90 Å². The number of hydrogen-bond donors (Lipinski definition) is 0. The summed E-state index contributed by atoms with van der Waals surface area (Å²) in [5.41, 5.74) is 19.6. The van der Waals surface area contributed by atoms with Crippen molar-refractivity contribution in [2.24, 2.45) is 0 Å². The minimum atomic E-state index is -0.596. The van der Waals surface area contributed by atoms with Crippen LogP contribution in [0.5, 0.6) is 0 Å². The molecule has 0 saturated heterocycles. The first kappa shape index (κ1) is 35.6. The molecule has 1 unspecified atom stereocenters. The summed E-state index contributed by atoms with van der Waals surface area (Å²) in [6.07, 6.45) is 0. The Morgan fingerprint density at radius 1 is 0.328 bits per heavy atom. The Balaban J connectivity index is 1.09. The molecule has 14 rings (SSSR count). The van der Waals surface area contributed by atoms with Crippen molar-refractivity contribution in [1.82, 2.24) is 0 Å². The van der Waals surface area contributed by atoms with Crippen LogP contribution >= 0.6 is 11.3 Å². The molecule has 10 aromatic carbocycles. The number of benzene rings is 10. The molecule has 0 amide bonds. The third-order valence-corrected chi connectivity index (χ3v) is 15.0. The van der Waals surface area contributed by atoms with Crippen molar-refractivity contribution >= 4 is 70.5 Å². The molecule has 2 aromatic heterocycles. The van der Waals surface area contributed by atoms with E-state index in [9.17, 15) is 0 Å². The highest BCUT2D eigenvalue weighted by Crippen LogP contribution is 2.63. The lowest BCUT2D eigenvalue weighted by Gasteiger charge is -2.36. The summed E-state index contributed by atoms with van der Waals surface area (Å²) in [6.45, 7) is 0. The first-order valence-electron chi connectivity index (χ1n) is 22.0. The average Bonchev–Trinajstić information content (AvgIpc) is 3.99. The Morgan fingerprint density at radius 3 is 1.70 bits per heavy atom. The molecule has 0 aliphatic heterocycles. The summed E-state index contributed by atoms with van der Waals surface area (Å²) in [6, 6.07) is 83.1. The van der Waals surface area contributed by atoms with Gasteiger partial charge in [-0.25, -0.2) is 0 Å². The first-order valence-corrected chi connectivity index (χ1v) is 22.8. The molecule has 2 nitrogen and oxygen atoms in total. The fraction of sp³-hybridized carbons (Fsp3) is 0.0164. The van der Waals surface area contributed by atoms with Gasteiger partial charge in [-0.05, 0) is 122 Å². The Labute approximate surface area is 374 Å². The highest BCUT2D eigenvalue weighted by Gasteiger charge is 2.50. The zero-order valence-electron chi connectivity index (χ0n) is 34.6. The fourth-order valence-electron chi connectivity index (χ4n) is 11.2. The fourth-order valence-corrected chi connectivity index (χ4v) is 12.4. The third-order valence-electron chi connectivity index (χ3n) is 13.9. The van der Waals surface area contributed by atoms with E-state index in [-0.39, 0.29) is 0 Å². The van der Waals surface area contributed by atoms with Gasteiger partial charge in [0.25, 0.3) is 0 Å². The lowest BCUT2D eigenvalue weighted by Crippen LogP contribution is -2.29. The molecule has 0 saturated carbocycles. The van der Waals surface area contributed by atoms with Crippen molar-refractivity contribution in [3.05, 3.63) is 247 Å². The number of nitrogens with zero attached hydrogens (tertiary/aromatic N) is 1. The molecule has 0 fully saturated rings. The van der Waals surface area contributed by atoms with Crippen LogP contribution in [0, 0.1) is 0 Å². The van der Waals surface area contributed by atoms with E-state index in [1.54, 1.807) is 0 Å². The highest BCUT2D eigenvalue weighted by atomic mass is 32.1. The normalized spacial score (nSPS) is 14.6. The Bertz CT molecular complexity index is 3870. The number of furan rings is 1. The smallest absolute Gasteiger partial charge is 0.135 e. The van der Waals surface area contributed by atoms with Crippen LogP contribution in [-0.4, -0.2) is 0 Å². The number of fused-ring (bicyclic) bond motifs is 18. The van der Waals surface area contributed by atoms with Crippen LogP contribution in [0.3, 0.4) is 0 Å². The van der Waals surface area contributed by atoms with Gasteiger partial charge in [0.15, 0.2) is 0 Å². The predicted molar refractivity (Wildman–Crippen MR) is 268 cm³/mol. The second kappa shape index (κ2) is 13.5. The van der Waals surface area contributed by atoms with E-state index in [2.05, 4.69) is 223 Å². The zero-order valence-corrected chi connectivity index (χ0v) is 35.4. The van der Waals surface area contributed by atoms with Crippen molar-refractivity contribution in [1.29, 1.82) is 0 Å². The van der Waals surface area contributed by atoms with Crippen molar-refractivity contribution in [2.75, 3.05) is 4.90 Å². The molecule has 0 bridgehead atoms. The molecule has 3 heteroatoms. The minimum Gasteiger partial charge on any atom is -0.456 e. The third kappa shape index (κ3) is 4.90. The van der Waals surface area contributed by atoms with E-state index in [1.165, 1.54) is 81.4 Å². The van der Waals surface area contributed by atoms with Gasteiger partial charge in [-0.2, -0.15) is 0 Å². The molecular weight excluding hydrogens is 795 g/mol. The van der Waals surface area contributed by atoms with E-state index < -0.39 is 5.41 Å². The largest absolute Gasteiger partial charge is 0.456 e. The number of hydrogen-bond acceptors (Lipinski definition) is 3. The van der Waals surface area contributed by atoms with Crippen LogP contribution in [0.2, 0.25) is 0 Å². The van der Waals surface area contributed by atoms with Gasteiger partial charge >= 0.3 is 0 Å². The van der Waals surface area contributed by atoms with Crippen molar-refractivity contribution in [3.8, 4) is 44.5 Å². The molecule has 298 valence electrons. The van der Waals surface area contributed by atoms with Crippen LogP contribution in [0.4, 0.5) is 17.1 Å². The Kier molecular flexibility index (Phi) is 7.51. The highest BCUT2D eigenvalue weighted by molar-refractivity contribution is 7.25. The molecule has 2 aliphatic rings. The predicted octanol–water partition coefficient (Wildman–Crippen LogP) is 17.1. The molecule has 2 heterocycles. The second-order valence-corrected chi connectivity index (χ2v) is 18.2. The van der Waals surface area contributed by atoms with Gasteiger partial charge in [-0.1, -0.05) is 164 Å². The van der Waals surface area contributed by atoms with Crippen LogP contribution in [0.15, 0.2) is 229 Å². The number of thiophene rings is 1. The van der Waals surface area contributed by atoms with E-state index in [0.29, 0.717) is 0 Å². The summed E-state index contributed by atoms with van der Waals surface area (Å²) in [5.74, 6) is 0. The molecule has 2 aliphatic carbocycles. The van der Waals surface area contributed by atoms with Gasteiger partial charge in [-0.3, -0.25) is 0 Å². The Morgan fingerprint density at radius 2 is 0.891 bits per heavy atom. The van der Waals surface area contributed by atoms with Gasteiger partial charge in [0, 0.05) is 47.9 Å². The van der Waals surface area contributed by atoms with Gasteiger partial charge in [0.05, 0.1) is 11.1 Å². The number of anilines is 3. The van der Waals surface area contributed by atoms with E-state index in [0.717, 1.165) is 44.6 Å². The number of para-hydroxylation sites is 2. The van der Waals surface area contributed by atoms with E-state index >= 15 is 0 Å². The molecular formula is C61H37NOS. The summed E-state index contributed by atoms with van der Waals surface area (Å²) < 4.78 is 9.02. The summed E-state index contributed by atoms with van der Waals surface area (Å²) in [5, 5.41) is 4.84. The second-order valence-electron chi connectivity index (χ2n) is 17.1. The summed E-state index contributed by atoms with van der Waals surface area (Å²) in [4.78, 5) is 2.45. The quantitative estimate of drug-likeness (QED) is 0.176. The van der Waals surface area contributed by atoms with Crippen LogP contribution in [-0.2, 0) is 5.41 Å². The molecule has 12 aromatic rings. The monoisotopic (exact) mass is 831 g/mol.